The third-order valence-electron chi connectivity index (χ3n) is 6.00. The molecule has 5 nitrogen and oxygen atoms in total. The molecule has 0 bridgehead atoms. The smallest absolute Gasteiger partial charge is 0.341 e. The molecule has 29 heavy (non-hydrogen) atoms. The highest BCUT2D eigenvalue weighted by Crippen LogP contribution is 2.54. The molecule has 1 aliphatic carbocycles. The van der Waals surface area contributed by atoms with E-state index in [2.05, 4.69) is 19.9 Å². The van der Waals surface area contributed by atoms with E-state index in [1.54, 1.807) is 18.2 Å². The fourth-order valence-corrected chi connectivity index (χ4v) is 4.41. The average Bonchev–Trinajstić information content (AvgIpc) is 3.33. The van der Waals surface area contributed by atoms with Gasteiger partial charge in [-0.25, -0.2) is 4.79 Å². The summed E-state index contributed by atoms with van der Waals surface area (Å²) in [6.07, 6.45) is 1.67. The summed E-state index contributed by atoms with van der Waals surface area (Å²) in [5.41, 5.74) is 2.96. The zero-order valence-corrected chi connectivity index (χ0v) is 17.3. The summed E-state index contributed by atoms with van der Waals surface area (Å²) >= 11 is 6.30. The fourth-order valence-electron chi connectivity index (χ4n) is 4.23. The number of carbonyl (C=O) groups excluding carboxylic acids is 1. The molecular formula is C23H24ClNO4. The molecule has 2 aromatic rings. The summed E-state index contributed by atoms with van der Waals surface area (Å²) in [7, 11) is 0. The number of aliphatic carboxylic acids is 1. The van der Waals surface area contributed by atoms with Crippen molar-refractivity contribution in [1.29, 1.82) is 0 Å². The van der Waals surface area contributed by atoms with E-state index < -0.39 is 12.6 Å². The Kier molecular flexibility index (Phi) is 5.03. The molecule has 2 aliphatic rings. The standard InChI is InChI=1S/C23H24ClNO4/c1-23(2)12-18(23)22(28)25-10-9-14-5-3-4-6-16(14)21(25)17-11-15(24)7-8-19(17)29-13-20(26)27/h3-8,11,18,21H,9-10,12-13H2,1-2H3,(H,26,27). The third kappa shape index (κ3) is 3.84. The SMILES string of the molecule is CC1(C)CC1C(=O)N1CCc2ccccc2C1c1cc(Cl)ccc1OCC(=O)O. The lowest BCUT2D eigenvalue weighted by Crippen LogP contribution is -2.42. The highest BCUT2D eigenvalue weighted by atomic mass is 35.5. The Hall–Kier alpha value is -2.53. The van der Waals surface area contributed by atoms with E-state index in [4.69, 9.17) is 21.4 Å². The van der Waals surface area contributed by atoms with Crippen LogP contribution in [0.4, 0.5) is 0 Å². The molecular weight excluding hydrogens is 390 g/mol. The lowest BCUT2D eigenvalue weighted by atomic mass is 9.87. The molecule has 1 aliphatic heterocycles. The molecule has 2 atom stereocenters. The zero-order valence-electron chi connectivity index (χ0n) is 16.5. The largest absolute Gasteiger partial charge is 0.482 e. The van der Waals surface area contributed by atoms with Crippen LogP contribution >= 0.6 is 11.6 Å². The number of rotatable bonds is 5. The highest BCUT2D eigenvalue weighted by Gasteiger charge is 2.53. The van der Waals surface area contributed by atoms with Gasteiger partial charge >= 0.3 is 5.97 Å². The lowest BCUT2D eigenvalue weighted by molar-refractivity contribution is -0.139. The Labute approximate surface area is 175 Å². The lowest BCUT2D eigenvalue weighted by Gasteiger charge is -2.39. The van der Waals surface area contributed by atoms with Crippen molar-refractivity contribution in [3.63, 3.8) is 0 Å². The van der Waals surface area contributed by atoms with Gasteiger partial charge in [0.1, 0.15) is 5.75 Å². The third-order valence-corrected chi connectivity index (χ3v) is 6.23. The summed E-state index contributed by atoms with van der Waals surface area (Å²) < 4.78 is 5.57. The first-order valence-electron chi connectivity index (χ1n) is 9.80. The minimum absolute atomic E-state index is 0.0119. The van der Waals surface area contributed by atoms with Crippen LogP contribution in [-0.2, 0) is 16.0 Å². The summed E-state index contributed by atoms with van der Waals surface area (Å²) in [6.45, 7) is 4.39. The number of hydrogen-bond donors (Lipinski definition) is 1. The van der Waals surface area contributed by atoms with E-state index in [0.717, 1.165) is 24.0 Å². The molecule has 0 spiro atoms. The predicted octanol–water partition coefficient (Wildman–Crippen LogP) is 4.32. The summed E-state index contributed by atoms with van der Waals surface area (Å²) in [5.74, 6) is -0.467. The molecule has 0 radical (unpaired) electrons. The van der Waals surface area contributed by atoms with Crippen LogP contribution in [0.2, 0.25) is 5.02 Å². The van der Waals surface area contributed by atoms with E-state index in [1.807, 2.05) is 23.1 Å². The van der Waals surface area contributed by atoms with Crippen molar-refractivity contribution >= 4 is 23.5 Å². The van der Waals surface area contributed by atoms with Gasteiger partial charge in [0.15, 0.2) is 6.61 Å². The van der Waals surface area contributed by atoms with Gasteiger partial charge in [0.25, 0.3) is 0 Å². The van der Waals surface area contributed by atoms with Gasteiger partial charge in [-0.3, -0.25) is 4.79 Å². The van der Waals surface area contributed by atoms with Gasteiger partial charge in [0, 0.05) is 23.0 Å². The molecule has 152 valence electrons. The first kappa shape index (κ1) is 19.8. The number of hydrogen-bond acceptors (Lipinski definition) is 3. The fraction of sp³-hybridized carbons (Fsp3) is 0.391. The van der Waals surface area contributed by atoms with Crippen molar-refractivity contribution < 1.29 is 19.4 Å². The van der Waals surface area contributed by atoms with Gasteiger partial charge in [-0.1, -0.05) is 49.7 Å². The number of carbonyl (C=O) groups is 2. The number of halogens is 1. The Balaban J connectivity index is 1.80. The molecule has 1 saturated carbocycles. The normalized spacial score (nSPS) is 22.0. The molecule has 2 unspecified atom stereocenters. The van der Waals surface area contributed by atoms with Gasteiger partial charge in [-0.15, -0.1) is 0 Å². The van der Waals surface area contributed by atoms with E-state index >= 15 is 0 Å². The van der Waals surface area contributed by atoms with Crippen LogP contribution in [0.1, 0.15) is 43.0 Å². The average molecular weight is 414 g/mol. The first-order valence-corrected chi connectivity index (χ1v) is 10.2. The maximum Gasteiger partial charge on any atom is 0.341 e. The number of fused-ring (bicyclic) bond motifs is 1. The Bertz CT molecular complexity index is 971. The number of carboxylic acid groups (broad SMARTS) is 1. The molecule has 1 fully saturated rings. The summed E-state index contributed by atoms with van der Waals surface area (Å²) in [4.78, 5) is 26.4. The van der Waals surface area contributed by atoms with Crippen molar-refractivity contribution in [3.05, 3.63) is 64.2 Å². The molecule has 1 amide bonds. The van der Waals surface area contributed by atoms with Gasteiger partial charge in [0.2, 0.25) is 5.91 Å². The highest BCUT2D eigenvalue weighted by molar-refractivity contribution is 6.30. The number of benzene rings is 2. The predicted molar refractivity (Wildman–Crippen MR) is 110 cm³/mol. The zero-order chi connectivity index (χ0) is 20.8. The van der Waals surface area contributed by atoms with Crippen LogP contribution in [0, 0.1) is 11.3 Å². The van der Waals surface area contributed by atoms with Gasteiger partial charge in [0.05, 0.1) is 6.04 Å². The van der Waals surface area contributed by atoms with Crippen LogP contribution in [0.3, 0.4) is 0 Å². The minimum Gasteiger partial charge on any atom is -0.482 e. The number of carboxylic acids is 1. The number of nitrogens with zero attached hydrogens (tertiary/aromatic N) is 1. The van der Waals surface area contributed by atoms with Gasteiger partial charge in [-0.2, -0.15) is 0 Å². The van der Waals surface area contributed by atoms with E-state index in [-0.39, 0.29) is 23.3 Å². The van der Waals surface area contributed by atoms with E-state index in [0.29, 0.717) is 17.3 Å². The second-order valence-corrected chi connectivity index (χ2v) is 8.93. The quantitative estimate of drug-likeness (QED) is 0.792. The van der Waals surface area contributed by atoms with E-state index in [9.17, 15) is 9.59 Å². The Morgan fingerprint density at radius 1 is 1.21 bits per heavy atom. The van der Waals surface area contributed by atoms with Gasteiger partial charge in [-0.05, 0) is 47.6 Å². The molecule has 0 aromatic heterocycles. The van der Waals surface area contributed by atoms with Crippen LogP contribution in [-0.4, -0.2) is 35.0 Å². The van der Waals surface area contributed by atoms with Crippen molar-refractivity contribution in [2.45, 2.75) is 32.7 Å². The molecule has 1 N–H and O–H groups in total. The van der Waals surface area contributed by atoms with E-state index in [1.165, 1.54) is 5.56 Å². The molecule has 6 heteroatoms. The van der Waals surface area contributed by atoms with Crippen molar-refractivity contribution in [2.24, 2.45) is 11.3 Å². The van der Waals surface area contributed by atoms with Crippen molar-refractivity contribution in [1.82, 2.24) is 4.90 Å². The first-order chi connectivity index (χ1) is 13.8. The van der Waals surface area contributed by atoms with Crippen molar-refractivity contribution in [3.8, 4) is 5.75 Å². The summed E-state index contributed by atoms with van der Waals surface area (Å²) in [5, 5.41) is 9.57. The molecule has 0 saturated heterocycles. The van der Waals surface area contributed by atoms with Crippen LogP contribution in [0.5, 0.6) is 5.75 Å². The Morgan fingerprint density at radius 2 is 1.93 bits per heavy atom. The molecule has 1 heterocycles. The molecule has 2 aromatic carbocycles. The monoisotopic (exact) mass is 413 g/mol. The Morgan fingerprint density at radius 3 is 2.62 bits per heavy atom. The minimum atomic E-state index is -1.05. The van der Waals surface area contributed by atoms with Gasteiger partial charge < -0.3 is 14.7 Å². The second-order valence-electron chi connectivity index (χ2n) is 8.49. The maximum absolute atomic E-state index is 13.4. The topological polar surface area (TPSA) is 66.8 Å². The van der Waals surface area contributed by atoms with Crippen molar-refractivity contribution in [2.75, 3.05) is 13.2 Å². The summed E-state index contributed by atoms with van der Waals surface area (Å²) in [6, 6.07) is 12.8. The second kappa shape index (κ2) is 7.38. The van der Waals surface area contributed by atoms with Crippen LogP contribution < -0.4 is 4.74 Å². The maximum atomic E-state index is 13.4. The van der Waals surface area contributed by atoms with Crippen LogP contribution in [0.15, 0.2) is 42.5 Å². The van der Waals surface area contributed by atoms with Crippen LogP contribution in [0.25, 0.3) is 0 Å². The number of ether oxygens (including phenoxy) is 1. The number of amides is 1. The molecule has 4 rings (SSSR count).